The number of fused-ring (bicyclic) bond motifs is 1. The fraction of sp³-hybridized carbons (Fsp3) is 0.562. The van der Waals surface area contributed by atoms with Gasteiger partial charge in [-0.1, -0.05) is 26.3 Å². The second-order valence-electron chi connectivity index (χ2n) is 5.34. The van der Waals surface area contributed by atoms with E-state index in [9.17, 15) is 0 Å². The summed E-state index contributed by atoms with van der Waals surface area (Å²) in [5.74, 6) is 1.10. The van der Waals surface area contributed by atoms with E-state index in [-0.39, 0.29) is 0 Å². The number of nitrogens with zero attached hydrogens (tertiary/aromatic N) is 3. The van der Waals surface area contributed by atoms with Crippen LogP contribution in [0.1, 0.15) is 39.3 Å². The van der Waals surface area contributed by atoms with Crippen LogP contribution in [0.4, 0.5) is 5.82 Å². The molecule has 0 aliphatic heterocycles. The zero-order valence-corrected chi connectivity index (χ0v) is 13.1. The maximum atomic E-state index is 4.82. The van der Waals surface area contributed by atoms with Crippen LogP contribution in [0.5, 0.6) is 0 Å². The third-order valence-corrected chi connectivity index (χ3v) is 3.85. The van der Waals surface area contributed by atoms with Gasteiger partial charge in [-0.05, 0) is 32.0 Å². The van der Waals surface area contributed by atoms with Crippen molar-refractivity contribution in [3.8, 4) is 0 Å². The fourth-order valence-electron chi connectivity index (χ4n) is 2.54. The molecule has 2 aromatic heterocycles. The summed E-state index contributed by atoms with van der Waals surface area (Å²) in [5, 5.41) is 3.42. The summed E-state index contributed by atoms with van der Waals surface area (Å²) in [5.41, 5.74) is 2.26. The summed E-state index contributed by atoms with van der Waals surface area (Å²) >= 11 is 0. The Hall–Kier alpha value is -1.55. The second kappa shape index (κ2) is 6.75. The third kappa shape index (κ3) is 2.96. The molecule has 1 atom stereocenters. The molecule has 2 rings (SSSR count). The lowest BCUT2D eigenvalue weighted by atomic mass is 10.1. The normalized spacial score (nSPS) is 12.8. The average molecular weight is 274 g/mol. The van der Waals surface area contributed by atoms with Gasteiger partial charge in [0.15, 0.2) is 5.82 Å². The molecular formula is C16H26N4. The molecule has 2 aromatic rings. The molecule has 0 amide bonds. The Morgan fingerprint density at radius 1 is 1.35 bits per heavy atom. The maximum Gasteiger partial charge on any atom is 0.152 e. The molecule has 4 heteroatoms. The minimum absolute atomic E-state index is 0.505. The van der Waals surface area contributed by atoms with Crippen molar-refractivity contribution in [1.29, 1.82) is 0 Å². The molecule has 0 aliphatic rings. The van der Waals surface area contributed by atoms with Crippen LogP contribution in [-0.4, -0.2) is 29.0 Å². The molecule has 0 aliphatic carbocycles. The van der Waals surface area contributed by atoms with Crippen molar-refractivity contribution in [1.82, 2.24) is 14.7 Å². The molecule has 0 saturated heterocycles. The van der Waals surface area contributed by atoms with E-state index in [1.807, 2.05) is 6.07 Å². The van der Waals surface area contributed by atoms with Gasteiger partial charge in [-0.2, -0.15) is 0 Å². The van der Waals surface area contributed by atoms with Crippen LogP contribution < -0.4 is 10.2 Å². The smallest absolute Gasteiger partial charge is 0.152 e. The topological polar surface area (TPSA) is 32.6 Å². The van der Waals surface area contributed by atoms with Gasteiger partial charge in [-0.25, -0.2) is 4.98 Å². The zero-order chi connectivity index (χ0) is 14.5. The van der Waals surface area contributed by atoms with E-state index in [1.165, 1.54) is 18.5 Å². The lowest BCUT2D eigenvalue weighted by Gasteiger charge is -2.25. The highest BCUT2D eigenvalue weighted by atomic mass is 15.2. The van der Waals surface area contributed by atoms with Crippen LogP contribution in [0.3, 0.4) is 0 Å². The summed E-state index contributed by atoms with van der Waals surface area (Å²) < 4.78 is 2.19. The van der Waals surface area contributed by atoms with Gasteiger partial charge in [0.25, 0.3) is 0 Å². The van der Waals surface area contributed by atoms with E-state index >= 15 is 0 Å². The fourth-order valence-corrected chi connectivity index (χ4v) is 2.54. The van der Waals surface area contributed by atoms with Gasteiger partial charge >= 0.3 is 0 Å². The van der Waals surface area contributed by atoms with Crippen molar-refractivity contribution in [2.45, 2.75) is 46.2 Å². The summed E-state index contributed by atoms with van der Waals surface area (Å²) in [6.45, 7) is 8.44. The molecule has 0 fully saturated rings. The Labute approximate surface area is 121 Å². The Kier molecular flexibility index (Phi) is 5.01. The van der Waals surface area contributed by atoms with Crippen LogP contribution in [-0.2, 0) is 6.54 Å². The van der Waals surface area contributed by atoms with Crippen LogP contribution in [0, 0.1) is 0 Å². The van der Waals surface area contributed by atoms with Crippen LogP contribution >= 0.6 is 0 Å². The van der Waals surface area contributed by atoms with Gasteiger partial charge in [0.1, 0.15) is 5.65 Å². The highest BCUT2D eigenvalue weighted by Crippen LogP contribution is 2.23. The molecule has 0 saturated carbocycles. The van der Waals surface area contributed by atoms with E-state index in [0.717, 1.165) is 24.6 Å². The summed E-state index contributed by atoms with van der Waals surface area (Å²) in [6, 6.07) is 6.67. The Morgan fingerprint density at radius 3 is 2.85 bits per heavy atom. The van der Waals surface area contributed by atoms with E-state index in [4.69, 9.17) is 4.98 Å². The Bertz CT molecular complexity index is 546. The molecule has 1 unspecified atom stereocenters. The molecule has 4 nitrogen and oxygen atoms in total. The van der Waals surface area contributed by atoms with Gasteiger partial charge in [-0.3, -0.25) is 0 Å². The lowest BCUT2D eigenvalue weighted by molar-refractivity contribution is 0.606. The highest BCUT2D eigenvalue weighted by molar-refractivity contribution is 5.56. The first-order valence-electron chi connectivity index (χ1n) is 7.58. The molecule has 1 N–H and O–H groups in total. The number of imidazole rings is 1. The third-order valence-electron chi connectivity index (χ3n) is 3.85. The number of hydrogen-bond donors (Lipinski definition) is 1. The second-order valence-corrected chi connectivity index (χ2v) is 5.34. The number of anilines is 1. The molecule has 20 heavy (non-hydrogen) atoms. The van der Waals surface area contributed by atoms with Crippen LogP contribution in [0.25, 0.3) is 5.65 Å². The zero-order valence-electron chi connectivity index (χ0n) is 13.1. The van der Waals surface area contributed by atoms with E-state index in [1.54, 1.807) is 0 Å². The molecule has 2 heterocycles. The van der Waals surface area contributed by atoms with Crippen molar-refractivity contribution < 1.29 is 0 Å². The molecule has 0 aromatic carbocycles. The minimum atomic E-state index is 0.505. The monoisotopic (exact) mass is 274 g/mol. The SMILES string of the molecule is CCCC(C)N(C)c1nc2ccccn2c1CNCC. The van der Waals surface area contributed by atoms with Gasteiger partial charge in [0, 0.05) is 25.8 Å². The molecule has 0 bridgehead atoms. The van der Waals surface area contributed by atoms with Gasteiger partial charge < -0.3 is 14.6 Å². The van der Waals surface area contributed by atoms with E-state index < -0.39 is 0 Å². The van der Waals surface area contributed by atoms with Crippen molar-refractivity contribution in [2.75, 3.05) is 18.5 Å². The first-order valence-corrected chi connectivity index (χ1v) is 7.58. The van der Waals surface area contributed by atoms with Crippen LogP contribution in [0.2, 0.25) is 0 Å². The number of hydrogen-bond acceptors (Lipinski definition) is 3. The summed E-state index contributed by atoms with van der Waals surface area (Å²) in [6.07, 6.45) is 4.48. The largest absolute Gasteiger partial charge is 0.355 e. The first kappa shape index (κ1) is 14.9. The summed E-state index contributed by atoms with van der Waals surface area (Å²) in [7, 11) is 2.15. The number of rotatable bonds is 7. The maximum absolute atomic E-state index is 4.82. The standard InChI is InChI=1S/C16H26N4/c1-5-9-13(3)19(4)16-14(12-17-6-2)20-11-8-7-10-15(20)18-16/h7-8,10-11,13,17H,5-6,9,12H2,1-4H3. The lowest BCUT2D eigenvalue weighted by Crippen LogP contribution is -2.30. The van der Waals surface area contributed by atoms with Crippen molar-refractivity contribution in [2.24, 2.45) is 0 Å². The summed E-state index contributed by atoms with van der Waals surface area (Å²) in [4.78, 5) is 7.13. The van der Waals surface area contributed by atoms with Gasteiger partial charge in [0.2, 0.25) is 0 Å². The number of nitrogens with one attached hydrogen (secondary N) is 1. The first-order chi connectivity index (χ1) is 9.69. The Morgan fingerprint density at radius 2 is 2.15 bits per heavy atom. The van der Waals surface area contributed by atoms with E-state index in [0.29, 0.717) is 6.04 Å². The van der Waals surface area contributed by atoms with Crippen molar-refractivity contribution in [3.63, 3.8) is 0 Å². The van der Waals surface area contributed by atoms with Gasteiger partial charge in [0.05, 0.1) is 5.69 Å². The van der Waals surface area contributed by atoms with Crippen molar-refractivity contribution >= 4 is 11.5 Å². The van der Waals surface area contributed by atoms with Crippen LogP contribution in [0.15, 0.2) is 24.4 Å². The molecule has 0 radical (unpaired) electrons. The average Bonchev–Trinajstić information content (AvgIpc) is 2.83. The van der Waals surface area contributed by atoms with Crippen molar-refractivity contribution in [3.05, 3.63) is 30.1 Å². The minimum Gasteiger partial charge on any atom is -0.355 e. The predicted octanol–water partition coefficient (Wildman–Crippen LogP) is 3.07. The number of pyridine rings is 1. The predicted molar refractivity (Wildman–Crippen MR) is 85.3 cm³/mol. The Balaban J connectivity index is 2.39. The molecule has 0 spiro atoms. The molecular weight excluding hydrogens is 248 g/mol. The highest BCUT2D eigenvalue weighted by Gasteiger charge is 2.18. The quantitative estimate of drug-likeness (QED) is 0.842. The van der Waals surface area contributed by atoms with Gasteiger partial charge in [-0.15, -0.1) is 0 Å². The molecule has 110 valence electrons. The number of aromatic nitrogens is 2. The van der Waals surface area contributed by atoms with E-state index in [2.05, 4.69) is 60.8 Å².